The molecule has 3 nitrogen and oxygen atoms in total. The quantitative estimate of drug-likeness (QED) is 0.793. The Morgan fingerprint density at radius 1 is 1.17 bits per heavy atom. The zero-order chi connectivity index (χ0) is 14.0. The number of piperidine rings is 1. The molecule has 1 aliphatic rings. The summed E-state index contributed by atoms with van der Waals surface area (Å²) in [5, 5.41) is 7.42. The second-order valence-corrected chi connectivity index (χ2v) is 7.67. The maximum Gasteiger partial charge on any atom is 0.0634 e. The van der Waals surface area contributed by atoms with Crippen molar-refractivity contribution >= 4 is 0 Å². The zero-order valence-corrected chi connectivity index (χ0v) is 13.3. The van der Waals surface area contributed by atoms with Gasteiger partial charge in [-0.1, -0.05) is 0 Å². The highest BCUT2D eigenvalue weighted by Gasteiger charge is 2.37. The smallest absolute Gasteiger partial charge is 0.0634 e. The van der Waals surface area contributed by atoms with Gasteiger partial charge in [0.25, 0.3) is 0 Å². The molecule has 2 N–H and O–H groups in total. The minimum Gasteiger partial charge on any atom is -0.379 e. The highest BCUT2D eigenvalue weighted by Crippen LogP contribution is 2.28. The van der Waals surface area contributed by atoms with E-state index in [1.54, 1.807) is 7.11 Å². The first-order chi connectivity index (χ1) is 8.05. The van der Waals surface area contributed by atoms with Crippen LogP contribution >= 0.6 is 0 Å². The first-order valence-corrected chi connectivity index (χ1v) is 7.13. The highest BCUT2D eigenvalue weighted by atomic mass is 16.5. The van der Waals surface area contributed by atoms with E-state index in [1.165, 1.54) is 12.8 Å². The molecule has 0 spiro atoms. The topological polar surface area (TPSA) is 33.3 Å². The van der Waals surface area contributed by atoms with Crippen LogP contribution in [-0.2, 0) is 4.74 Å². The largest absolute Gasteiger partial charge is 0.379 e. The van der Waals surface area contributed by atoms with Gasteiger partial charge in [0.1, 0.15) is 0 Å². The van der Waals surface area contributed by atoms with E-state index in [9.17, 15) is 0 Å². The average Bonchev–Trinajstić information content (AvgIpc) is 2.12. The van der Waals surface area contributed by atoms with E-state index >= 15 is 0 Å². The Bertz CT molecular complexity index is 256. The molecule has 3 heteroatoms. The van der Waals surface area contributed by atoms with Crippen molar-refractivity contribution in [2.45, 2.75) is 83.5 Å². The number of nitrogens with one attached hydrogen (secondary N) is 2. The van der Waals surface area contributed by atoms with Gasteiger partial charge < -0.3 is 15.4 Å². The highest BCUT2D eigenvalue weighted by molar-refractivity contribution is 4.99. The lowest BCUT2D eigenvalue weighted by molar-refractivity contribution is 0.0143. The maximum atomic E-state index is 5.46. The van der Waals surface area contributed by atoms with Gasteiger partial charge in [0.2, 0.25) is 0 Å². The number of ether oxygens (including phenoxy) is 1. The maximum absolute atomic E-state index is 5.46. The van der Waals surface area contributed by atoms with Crippen LogP contribution in [0.5, 0.6) is 0 Å². The Morgan fingerprint density at radius 2 is 1.67 bits per heavy atom. The van der Waals surface area contributed by atoms with Gasteiger partial charge in [-0.15, -0.1) is 0 Å². The van der Waals surface area contributed by atoms with Gasteiger partial charge >= 0.3 is 0 Å². The second-order valence-electron chi connectivity index (χ2n) is 7.67. The third-order valence-corrected chi connectivity index (χ3v) is 3.90. The summed E-state index contributed by atoms with van der Waals surface area (Å²) in [5.74, 6) is 0. The van der Waals surface area contributed by atoms with Gasteiger partial charge in [0, 0.05) is 24.2 Å². The fourth-order valence-corrected chi connectivity index (χ4v) is 3.15. The summed E-state index contributed by atoms with van der Waals surface area (Å²) >= 11 is 0. The predicted molar refractivity (Wildman–Crippen MR) is 78.0 cm³/mol. The Morgan fingerprint density at radius 3 is 2.11 bits per heavy atom. The molecule has 108 valence electrons. The molecule has 0 unspecified atom stereocenters. The molecule has 0 aromatic rings. The molecule has 0 atom stereocenters. The third-order valence-electron chi connectivity index (χ3n) is 3.90. The number of methoxy groups -OCH3 is 1. The van der Waals surface area contributed by atoms with Gasteiger partial charge in [-0.05, 0) is 67.3 Å². The van der Waals surface area contributed by atoms with Gasteiger partial charge in [-0.3, -0.25) is 0 Å². The molecule has 0 saturated carbocycles. The Kier molecular flexibility index (Phi) is 4.85. The molecule has 0 aromatic heterocycles. The van der Waals surface area contributed by atoms with E-state index < -0.39 is 0 Å². The molecule has 0 bridgehead atoms. The molecular weight excluding hydrogens is 224 g/mol. The molecule has 1 aliphatic heterocycles. The van der Waals surface area contributed by atoms with Crippen molar-refractivity contribution in [3.8, 4) is 0 Å². The van der Waals surface area contributed by atoms with Crippen LogP contribution in [0.3, 0.4) is 0 Å². The third kappa shape index (κ3) is 5.25. The summed E-state index contributed by atoms with van der Waals surface area (Å²) in [7, 11) is 1.79. The lowest BCUT2D eigenvalue weighted by Gasteiger charge is -2.47. The van der Waals surface area contributed by atoms with Crippen molar-refractivity contribution in [3.05, 3.63) is 0 Å². The lowest BCUT2D eigenvalue weighted by Crippen LogP contribution is -2.61. The normalized spacial score (nSPS) is 24.2. The number of hydrogen-bond donors (Lipinski definition) is 2. The Hall–Kier alpha value is -0.120. The van der Waals surface area contributed by atoms with E-state index in [4.69, 9.17) is 4.74 Å². The van der Waals surface area contributed by atoms with E-state index in [1.807, 2.05) is 0 Å². The molecule has 0 aromatic carbocycles. The van der Waals surface area contributed by atoms with E-state index in [0.29, 0.717) is 6.04 Å². The number of rotatable bonds is 5. The number of hydrogen-bond acceptors (Lipinski definition) is 3. The zero-order valence-electron chi connectivity index (χ0n) is 13.3. The summed E-state index contributed by atoms with van der Waals surface area (Å²) in [4.78, 5) is 0. The monoisotopic (exact) mass is 256 g/mol. The van der Waals surface area contributed by atoms with E-state index in [-0.39, 0.29) is 16.7 Å². The molecule has 0 amide bonds. The molecule has 18 heavy (non-hydrogen) atoms. The minimum atomic E-state index is -0.0229. The van der Waals surface area contributed by atoms with E-state index in [2.05, 4.69) is 52.2 Å². The molecule has 1 rings (SSSR count). The van der Waals surface area contributed by atoms with Crippen LogP contribution in [0, 0.1) is 0 Å². The first kappa shape index (κ1) is 15.9. The Balaban J connectivity index is 2.43. The summed E-state index contributed by atoms with van der Waals surface area (Å²) < 4.78 is 5.46. The van der Waals surface area contributed by atoms with Crippen LogP contribution in [0.15, 0.2) is 0 Å². The van der Waals surface area contributed by atoms with Crippen molar-refractivity contribution < 1.29 is 4.74 Å². The molecular formula is C15H32N2O. The van der Waals surface area contributed by atoms with Gasteiger partial charge in [-0.2, -0.15) is 0 Å². The Labute approximate surface area is 113 Å². The molecule has 1 saturated heterocycles. The molecule has 1 heterocycles. The first-order valence-electron chi connectivity index (χ1n) is 7.13. The van der Waals surface area contributed by atoms with Crippen molar-refractivity contribution in [1.82, 2.24) is 10.6 Å². The predicted octanol–water partition coefficient (Wildman–Crippen LogP) is 2.70. The fourth-order valence-electron chi connectivity index (χ4n) is 3.15. The van der Waals surface area contributed by atoms with Crippen molar-refractivity contribution in [1.29, 1.82) is 0 Å². The van der Waals surface area contributed by atoms with Crippen LogP contribution in [0.1, 0.15) is 60.8 Å². The summed E-state index contributed by atoms with van der Waals surface area (Å²) in [6.07, 6.45) is 3.42. The SMILES string of the molecule is COC(C)(C)CCNC1CC(C)(C)NC(C)(C)C1. The van der Waals surface area contributed by atoms with Gasteiger partial charge in [0.15, 0.2) is 0 Å². The lowest BCUT2D eigenvalue weighted by atomic mass is 9.79. The van der Waals surface area contributed by atoms with E-state index in [0.717, 1.165) is 13.0 Å². The summed E-state index contributed by atoms with van der Waals surface area (Å²) in [6, 6.07) is 0.601. The van der Waals surface area contributed by atoms with Crippen LogP contribution in [0.2, 0.25) is 0 Å². The van der Waals surface area contributed by atoms with Crippen molar-refractivity contribution in [2.24, 2.45) is 0 Å². The fraction of sp³-hybridized carbons (Fsp3) is 1.00. The standard InChI is InChI=1S/C15H32N2O/c1-13(2)10-12(11-14(3,4)17-13)16-9-8-15(5,6)18-7/h12,16-17H,8-11H2,1-7H3. The van der Waals surface area contributed by atoms with Crippen LogP contribution in [0.25, 0.3) is 0 Å². The second kappa shape index (κ2) is 5.48. The van der Waals surface area contributed by atoms with Crippen LogP contribution < -0.4 is 10.6 Å². The summed E-state index contributed by atoms with van der Waals surface area (Å²) in [5.41, 5.74) is 0.414. The minimum absolute atomic E-state index is 0.0229. The van der Waals surface area contributed by atoms with Crippen molar-refractivity contribution in [3.63, 3.8) is 0 Å². The van der Waals surface area contributed by atoms with Crippen LogP contribution in [0.4, 0.5) is 0 Å². The van der Waals surface area contributed by atoms with Gasteiger partial charge in [0.05, 0.1) is 5.60 Å². The molecule has 0 aliphatic carbocycles. The average molecular weight is 256 g/mol. The van der Waals surface area contributed by atoms with Crippen molar-refractivity contribution in [2.75, 3.05) is 13.7 Å². The molecule has 1 fully saturated rings. The van der Waals surface area contributed by atoms with Gasteiger partial charge in [-0.25, -0.2) is 0 Å². The molecule has 0 radical (unpaired) electrons. The van der Waals surface area contributed by atoms with Crippen LogP contribution in [-0.4, -0.2) is 36.4 Å². The summed E-state index contributed by atoms with van der Waals surface area (Å²) in [6.45, 7) is 14.5.